The van der Waals surface area contributed by atoms with E-state index in [4.69, 9.17) is 12.6 Å². The van der Waals surface area contributed by atoms with Gasteiger partial charge in [0.2, 0.25) is 0 Å². The maximum Gasteiger partial charge on any atom is 0.0108 e. The van der Waals surface area contributed by atoms with Crippen LogP contribution >= 0.6 is 12.6 Å². The highest BCUT2D eigenvalue weighted by Crippen LogP contribution is 2.59. The number of rotatable bonds is 14. The van der Waals surface area contributed by atoms with E-state index in [-0.39, 0.29) is 0 Å². The van der Waals surface area contributed by atoms with Crippen LogP contribution in [0, 0.1) is 54.8 Å². The minimum atomic E-state index is 0.295. The Hall–Kier alpha value is -1.21. The predicted octanol–water partition coefficient (Wildman–Crippen LogP) is 13.8. The van der Waals surface area contributed by atoms with Crippen molar-refractivity contribution in [2.75, 3.05) is 0 Å². The second kappa shape index (κ2) is 14.7. The highest BCUT2D eigenvalue weighted by molar-refractivity contribution is 7.80. The molecule has 44 heavy (non-hydrogen) atoms. The van der Waals surface area contributed by atoms with Gasteiger partial charge in [-0.05, 0) is 179 Å². The maximum absolute atomic E-state index is 5.28. The molecule has 7 unspecified atom stereocenters. The minimum Gasteiger partial charge on any atom is -0.143 e. The van der Waals surface area contributed by atoms with Crippen molar-refractivity contribution in [3.05, 3.63) is 50.6 Å². The Morgan fingerprint density at radius 1 is 0.932 bits per heavy atom. The molecule has 0 heterocycles. The van der Waals surface area contributed by atoms with Gasteiger partial charge in [-0.3, -0.25) is 0 Å². The molecular weight excluding hydrogens is 549 g/mol. The van der Waals surface area contributed by atoms with Gasteiger partial charge in [-0.15, -0.1) is 12.6 Å². The van der Waals surface area contributed by atoms with E-state index in [9.17, 15) is 0 Å². The van der Waals surface area contributed by atoms with Gasteiger partial charge >= 0.3 is 0 Å². The van der Waals surface area contributed by atoms with Crippen molar-refractivity contribution >= 4 is 23.8 Å². The molecule has 0 N–H and O–H groups in total. The van der Waals surface area contributed by atoms with Gasteiger partial charge < -0.3 is 0 Å². The van der Waals surface area contributed by atoms with Crippen LogP contribution in [0.3, 0.4) is 0 Å². The van der Waals surface area contributed by atoms with Crippen LogP contribution in [0.25, 0.3) is 11.1 Å². The predicted molar refractivity (Wildman–Crippen MR) is 200 cm³/mol. The summed E-state index contributed by atoms with van der Waals surface area (Å²) in [4.78, 5) is 1.24. The third kappa shape index (κ3) is 7.04. The van der Waals surface area contributed by atoms with Crippen LogP contribution in [0.4, 0.5) is 0 Å². The molecule has 4 rings (SSSR count). The zero-order valence-corrected chi connectivity index (χ0v) is 31.9. The van der Waals surface area contributed by atoms with Crippen molar-refractivity contribution in [1.82, 2.24) is 0 Å². The number of hydrogen-bond donors (Lipinski definition) is 1. The lowest BCUT2D eigenvalue weighted by Crippen LogP contribution is -2.39. The molecule has 3 aliphatic rings. The zero-order chi connectivity index (χ0) is 32.5. The smallest absolute Gasteiger partial charge is 0.0108 e. The Bertz CT molecular complexity index is 1290. The van der Waals surface area contributed by atoms with Crippen molar-refractivity contribution in [1.29, 1.82) is 0 Å². The van der Waals surface area contributed by atoms with Gasteiger partial charge in [-0.25, -0.2) is 0 Å². The largest absolute Gasteiger partial charge is 0.143 e. The van der Waals surface area contributed by atoms with Crippen LogP contribution in [-0.4, -0.2) is 0 Å². The number of hydrogen-bond acceptors (Lipinski definition) is 1. The molecule has 0 aromatic heterocycles. The third-order valence-electron chi connectivity index (χ3n) is 13.5. The van der Waals surface area contributed by atoms with E-state index >= 15 is 0 Å². The van der Waals surface area contributed by atoms with E-state index in [1.165, 1.54) is 97.8 Å². The monoisotopic (exact) mass is 617 g/mol. The fourth-order valence-corrected chi connectivity index (χ4v) is 8.90. The summed E-state index contributed by atoms with van der Waals surface area (Å²) >= 11 is 5.28. The molecule has 0 bridgehead atoms. The molecule has 1 heteroatoms. The van der Waals surface area contributed by atoms with E-state index in [0.29, 0.717) is 11.3 Å². The molecule has 3 fully saturated rings. The first-order valence-corrected chi connectivity index (χ1v) is 19.2. The normalized spacial score (nSPS) is 30.3. The summed E-state index contributed by atoms with van der Waals surface area (Å²) < 4.78 is 0. The van der Waals surface area contributed by atoms with Gasteiger partial charge in [0.1, 0.15) is 0 Å². The number of thiol groups is 1. The van der Waals surface area contributed by atoms with E-state index in [1.807, 2.05) is 5.57 Å². The molecule has 3 saturated carbocycles. The van der Waals surface area contributed by atoms with Crippen LogP contribution < -0.4 is 0 Å². The minimum absolute atomic E-state index is 0.295. The van der Waals surface area contributed by atoms with Gasteiger partial charge in [0.15, 0.2) is 0 Å². The summed E-state index contributed by atoms with van der Waals surface area (Å²) in [6.07, 6.45) is 17.9. The van der Waals surface area contributed by atoms with Crippen LogP contribution in [0.5, 0.6) is 0 Å². The van der Waals surface area contributed by atoms with E-state index < -0.39 is 0 Å². The Morgan fingerprint density at radius 3 is 2.07 bits per heavy atom. The van der Waals surface area contributed by atoms with Crippen LogP contribution in [-0.2, 0) is 6.42 Å². The molecule has 0 saturated heterocycles. The third-order valence-corrected chi connectivity index (χ3v) is 14.2. The van der Waals surface area contributed by atoms with Gasteiger partial charge in [0.25, 0.3) is 0 Å². The van der Waals surface area contributed by atoms with Crippen molar-refractivity contribution in [2.24, 2.45) is 40.9 Å². The molecule has 1 aromatic rings. The number of benzene rings is 1. The van der Waals surface area contributed by atoms with Crippen molar-refractivity contribution in [3.63, 3.8) is 0 Å². The molecule has 0 spiro atoms. The summed E-state index contributed by atoms with van der Waals surface area (Å²) in [7, 11) is 0. The first kappa shape index (κ1) is 35.6. The van der Waals surface area contributed by atoms with Gasteiger partial charge in [0.05, 0.1) is 0 Å². The molecule has 7 atom stereocenters. The van der Waals surface area contributed by atoms with E-state index in [2.05, 4.69) is 89.2 Å². The van der Waals surface area contributed by atoms with Crippen molar-refractivity contribution < 1.29 is 0 Å². The SMILES string of the molecule is CCCC=C(C)C(CC)CC(=C(CC1CC1C)c1c(CC2CCC2C)c(C)c(S)c(C)c1C(C)=C(C)CC)C1(C)CCC1C. The van der Waals surface area contributed by atoms with Crippen LogP contribution in [0.2, 0.25) is 0 Å². The van der Waals surface area contributed by atoms with Gasteiger partial charge in [-0.1, -0.05) is 84.1 Å². The number of allylic oxidation sites excluding steroid dienone is 6. The average Bonchev–Trinajstić information content (AvgIpc) is 3.72. The first-order chi connectivity index (χ1) is 20.8. The molecule has 0 radical (unpaired) electrons. The lowest BCUT2D eigenvalue weighted by atomic mass is 9.55. The van der Waals surface area contributed by atoms with E-state index in [0.717, 1.165) is 36.0 Å². The van der Waals surface area contributed by atoms with E-state index in [1.54, 1.807) is 27.8 Å². The Balaban J connectivity index is 2.11. The van der Waals surface area contributed by atoms with Gasteiger partial charge in [0, 0.05) is 4.90 Å². The van der Waals surface area contributed by atoms with Gasteiger partial charge in [-0.2, -0.15) is 0 Å². The molecule has 3 aliphatic carbocycles. The maximum atomic E-state index is 5.28. The summed E-state index contributed by atoms with van der Waals surface area (Å²) in [5.74, 6) is 4.70. The average molecular weight is 617 g/mol. The molecule has 0 aliphatic heterocycles. The highest BCUT2D eigenvalue weighted by atomic mass is 32.1. The lowest BCUT2D eigenvalue weighted by Gasteiger charge is -2.50. The fraction of sp³-hybridized carbons (Fsp3) is 0.721. The van der Waals surface area contributed by atoms with Crippen LogP contribution in [0.1, 0.15) is 168 Å². The summed E-state index contributed by atoms with van der Waals surface area (Å²) in [6, 6.07) is 0. The summed E-state index contributed by atoms with van der Waals surface area (Å²) in [5, 5.41) is 0. The number of unbranched alkanes of at least 4 members (excludes halogenated alkanes) is 1. The lowest BCUT2D eigenvalue weighted by molar-refractivity contribution is 0.103. The second-order valence-electron chi connectivity index (χ2n) is 16.1. The quantitative estimate of drug-likeness (QED) is 0.156. The zero-order valence-electron chi connectivity index (χ0n) is 31.0. The molecule has 0 nitrogen and oxygen atoms in total. The summed E-state index contributed by atoms with van der Waals surface area (Å²) in [6.45, 7) is 29.3. The van der Waals surface area contributed by atoms with Crippen molar-refractivity contribution in [3.8, 4) is 0 Å². The second-order valence-corrected chi connectivity index (χ2v) is 16.6. The summed E-state index contributed by atoms with van der Waals surface area (Å²) in [5.41, 5.74) is 16.3. The highest BCUT2D eigenvalue weighted by Gasteiger charge is 2.46. The fourth-order valence-electron chi connectivity index (χ4n) is 8.65. The first-order valence-electron chi connectivity index (χ1n) is 18.7. The standard InChI is InChI=1S/C43H68S/c1-13-16-17-27(5)34(15-3)25-39(43(12)21-20-30(43)8)38(24-36-22-29(36)7)41-37(23-35-19-18-28(35)6)32(10)42(44)33(11)40(41)31(9)26(4)14-2/h17,28-30,34-36,44H,13-16,18-25H2,1-12H3. The topological polar surface area (TPSA) is 0 Å². The Labute approximate surface area is 279 Å². The Kier molecular flexibility index (Phi) is 11.9. The van der Waals surface area contributed by atoms with Crippen molar-refractivity contribution in [2.45, 2.75) is 165 Å². The molecule has 1 aromatic carbocycles. The van der Waals surface area contributed by atoms with Crippen LogP contribution in [0.15, 0.2) is 27.7 Å². The molecule has 0 amide bonds. The molecule has 246 valence electrons. The molecular formula is C43H68S. The Morgan fingerprint density at radius 2 is 1.61 bits per heavy atom.